The van der Waals surface area contributed by atoms with E-state index in [4.69, 9.17) is 0 Å². The van der Waals surface area contributed by atoms with Gasteiger partial charge < -0.3 is 10.2 Å². The fraction of sp³-hybridized carbons (Fsp3) is 0.462. The van der Waals surface area contributed by atoms with Crippen LogP contribution in [0.15, 0.2) is 18.2 Å². The molecule has 1 N–H and O–H groups in total. The smallest absolute Gasteiger partial charge is 0.272 e. The lowest BCUT2D eigenvalue weighted by Gasteiger charge is -2.27. The van der Waals surface area contributed by atoms with E-state index in [1.807, 2.05) is 0 Å². The van der Waals surface area contributed by atoms with E-state index >= 15 is 0 Å². The molecular formula is C13H17N3O3. The Morgan fingerprint density at radius 2 is 2.11 bits per heavy atom. The normalized spacial score (nSPS) is 15.3. The SMILES string of the molecule is Cc1ccc(CC(=O)N2CCNCC2)cc1[N+](=O)[O-]. The molecule has 1 fully saturated rings. The summed E-state index contributed by atoms with van der Waals surface area (Å²) >= 11 is 0. The van der Waals surface area contributed by atoms with Gasteiger partial charge in [-0.2, -0.15) is 0 Å². The maximum absolute atomic E-state index is 12.1. The third kappa shape index (κ3) is 3.29. The van der Waals surface area contributed by atoms with E-state index in [1.165, 1.54) is 6.07 Å². The fourth-order valence-electron chi connectivity index (χ4n) is 2.16. The Hall–Kier alpha value is -1.95. The molecule has 102 valence electrons. The van der Waals surface area contributed by atoms with E-state index in [1.54, 1.807) is 24.0 Å². The Morgan fingerprint density at radius 1 is 1.42 bits per heavy atom. The van der Waals surface area contributed by atoms with Gasteiger partial charge in [-0.05, 0) is 12.5 Å². The molecule has 0 spiro atoms. The standard InChI is InChI=1S/C13H17N3O3/c1-10-2-3-11(8-12(10)16(18)19)9-13(17)15-6-4-14-5-7-15/h2-3,8,14H,4-7,9H2,1H3. The molecule has 0 radical (unpaired) electrons. The monoisotopic (exact) mass is 263 g/mol. The van der Waals surface area contributed by atoms with E-state index in [2.05, 4.69) is 5.32 Å². The summed E-state index contributed by atoms with van der Waals surface area (Å²) in [7, 11) is 0. The third-order valence-corrected chi connectivity index (χ3v) is 3.30. The molecule has 1 aromatic carbocycles. The van der Waals surface area contributed by atoms with Crippen molar-refractivity contribution in [2.75, 3.05) is 26.2 Å². The summed E-state index contributed by atoms with van der Waals surface area (Å²) in [5.74, 6) is 0.0275. The number of rotatable bonds is 3. The van der Waals surface area contributed by atoms with Crippen LogP contribution < -0.4 is 5.32 Å². The molecule has 1 heterocycles. The van der Waals surface area contributed by atoms with Crippen LogP contribution in [0.3, 0.4) is 0 Å². The van der Waals surface area contributed by atoms with Gasteiger partial charge in [0, 0.05) is 37.8 Å². The van der Waals surface area contributed by atoms with Gasteiger partial charge in [0.15, 0.2) is 0 Å². The second-order valence-corrected chi connectivity index (χ2v) is 4.69. The van der Waals surface area contributed by atoms with E-state index in [-0.39, 0.29) is 18.0 Å². The van der Waals surface area contributed by atoms with Crippen molar-refractivity contribution >= 4 is 11.6 Å². The topological polar surface area (TPSA) is 75.5 Å². The molecule has 6 heteroatoms. The lowest BCUT2D eigenvalue weighted by atomic mass is 10.1. The number of aryl methyl sites for hydroxylation is 1. The number of nitrogens with zero attached hydrogens (tertiary/aromatic N) is 2. The van der Waals surface area contributed by atoms with Crippen LogP contribution in [0.25, 0.3) is 0 Å². The average Bonchev–Trinajstić information content (AvgIpc) is 2.41. The van der Waals surface area contributed by atoms with Crippen LogP contribution in [0.4, 0.5) is 5.69 Å². The van der Waals surface area contributed by atoms with Gasteiger partial charge in [-0.25, -0.2) is 0 Å². The van der Waals surface area contributed by atoms with Crippen molar-refractivity contribution < 1.29 is 9.72 Å². The quantitative estimate of drug-likeness (QED) is 0.648. The number of carbonyl (C=O) groups excluding carboxylic acids is 1. The summed E-state index contributed by atoms with van der Waals surface area (Å²) in [4.78, 5) is 24.3. The molecule has 1 aliphatic heterocycles. The Bertz CT molecular complexity index is 496. The molecule has 0 unspecified atom stereocenters. The first-order valence-electron chi connectivity index (χ1n) is 6.30. The summed E-state index contributed by atoms with van der Waals surface area (Å²) in [6.07, 6.45) is 0.223. The van der Waals surface area contributed by atoms with Gasteiger partial charge in [0.05, 0.1) is 11.3 Å². The first-order valence-corrected chi connectivity index (χ1v) is 6.30. The van der Waals surface area contributed by atoms with Gasteiger partial charge in [0.25, 0.3) is 5.69 Å². The van der Waals surface area contributed by atoms with E-state index in [0.717, 1.165) is 13.1 Å². The molecule has 0 aliphatic carbocycles. The lowest BCUT2D eigenvalue weighted by Crippen LogP contribution is -2.46. The molecular weight excluding hydrogens is 246 g/mol. The molecule has 6 nitrogen and oxygen atoms in total. The van der Waals surface area contributed by atoms with Crippen molar-refractivity contribution in [3.63, 3.8) is 0 Å². The fourth-order valence-corrected chi connectivity index (χ4v) is 2.16. The predicted molar refractivity (Wildman–Crippen MR) is 71.0 cm³/mol. The molecule has 1 amide bonds. The van der Waals surface area contributed by atoms with Crippen molar-refractivity contribution in [3.05, 3.63) is 39.4 Å². The highest BCUT2D eigenvalue weighted by Crippen LogP contribution is 2.19. The van der Waals surface area contributed by atoms with Crippen molar-refractivity contribution in [2.45, 2.75) is 13.3 Å². The average molecular weight is 263 g/mol. The van der Waals surface area contributed by atoms with Gasteiger partial charge >= 0.3 is 0 Å². The highest BCUT2D eigenvalue weighted by Gasteiger charge is 2.18. The van der Waals surface area contributed by atoms with E-state index < -0.39 is 4.92 Å². The minimum atomic E-state index is -0.409. The summed E-state index contributed by atoms with van der Waals surface area (Å²) in [6.45, 7) is 4.71. The van der Waals surface area contributed by atoms with Crippen molar-refractivity contribution in [1.82, 2.24) is 10.2 Å². The van der Waals surface area contributed by atoms with Crippen LogP contribution in [0.2, 0.25) is 0 Å². The third-order valence-electron chi connectivity index (χ3n) is 3.30. The Kier molecular flexibility index (Phi) is 4.11. The first-order chi connectivity index (χ1) is 9.08. The van der Waals surface area contributed by atoms with Gasteiger partial charge in [-0.3, -0.25) is 14.9 Å². The molecule has 1 aromatic rings. The number of nitro groups is 1. The zero-order chi connectivity index (χ0) is 13.8. The molecule has 0 aromatic heterocycles. The molecule has 1 aliphatic rings. The maximum atomic E-state index is 12.1. The minimum absolute atomic E-state index is 0.0275. The summed E-state index contributed by atoms with van der Waals surface area (Å²) in [6, 6.07) is 4.97. The van der Waals surface area contributed by atoms with E-state index in [9.17, 15) is 14.9 Å². The number of piperazine rings is 1. The van der Waals surface area contributed by atoms with E-state index in [0.29, 0.717) is 24.2 Å². The molecule has 1 saturated heterocycles. The van der Waals surface area contributed by atoms with Crippen LogP contribution in [0.5, 0.6) is 0 Å². The number of nitro benzene ring substituents is 1. The molecule has 0 atom stereocenters. The minimum Gasteiger partial charge on any atom is -0.340 e. The second-order valence-electron chi connectivity index (χ2n) is 4.69. The van der Waals surface area contributed by atoms with Crippen LogP contribution in [-0.2, 0) is 11.2 Å². The summed E-state index contributed by atoms with van der Waals surface area (Å²) in [5.41, 5.74) is 1.38. The number of hydrogen-bond donors (Lipinski definition) is 1. The molecule has 0 saturated carbocycles. The van der Waals surface area contributed by atoms with Crippen LogP contribution in [-0.4, -0.2) is 41.9 Å². The first kappa shape index (κ1) is 13.5. The molecule has 19 heavy (non-hydrogen) atoms. The van der Waals surface area contributed by atoms with Crippen LogP contribution in [0.1, 0.15) is 11.1 Å². The number of hydrogen-bond acceptors (Lipinski definition) is 4. The molecule has 0 bridgehead atoms. The lowest BCUT2D eigenvalue weighted by molar-refractivity contribution is -0.385. The highest BCUT2D eigenvalue weighted by molar-refractivity contribution is 5.79. The highest BCUT2D eigenvalue weighted by atomic mass is 16.6. The zero-order valence-electron chi connectivity index (χ0n) is 10.9. The van der Waals surface area contributed by atoms with Gasteiger partial charge in [-0.1, -0.05) is 12.1 Å². The Labute approximate surface area is 111 Å². The summed E-state index contributed by atoms with van der Waals surface area (Å²) < 4.78 is 0. The zero-order valence-corrected chi connectivity index (χ0v) is 10.9. The van der Waals surface area contributed by atoms with Crippen molar-refractivity contribution in [1.29, 1.82) is 0 Å². The Morgan fingerprint density at radius 3 is 2.74 bits per heavy atom. The number of nitrogens with one attached hydrogen (secondary N) is 1. The van der Waals surface area contributed by atoms with Gasteiger partial charge in [0.1, 0.15) is 0 Å². The van der Waals surface area contributed by atoms with Crippen molar-refractivity contribution in [3.8, 4) is 0 Å². The van der Waals surface area contributed by atoms with Crippen LogP contribution >= 0.6 is 0 Å². The predicted octanol–water partition coefficient (Wildman–Crippen LogP) is 0.878. The second kappa shape index (κ2) is 5.79. The number of carbonyl (C=O) groups is 1. The summed E-state index contributed by atoms with van der Waals surface area (Å²) in [5, 5.41) is 14.0. The Balaban J connectivity index is 2.08. The van der Waals surface area contributed by atoms with Gasteiger partial charge in [0.2, 0.25) is 5.91 Å². The molecule has 2 rings (SSSR count). The number of benzene rings is 1. The number of amides is 1. The van der Waals surface area contributed by atoms with Gasteiger partial charge in [-0.15, -0.1) is 0 Å². The maximum Gasteiger partial charge on any atom is 0.272 e. The van der Waals surface area contributed by atoms with Crippen molar-refractivity contribution in [2.24, 2.45) is 0 Å². The van der Waals surface area contributed by atoms with Crippen LogP contribution in [0, 0.1) is 17.0 Å². The largest absolute Gasteiger partial charge is 0.340 e.